The first kappa shape index (κ1) is 27.9. The molecular formula is C14H29Cl2N9O3. The van der Waals surface area contributed by atoms with Crippen molar-refractivity contribution in [3.63, 3.8) is 0 Å². The fraction of sp³-hybridized carbons (Fsp3) is 0.643. The smallest absolute Gasteiger partial charge is 0.318 e. The number of hydrogen-bond donors (Lipinski definition) is 7. The van der Waals surface area contributed by atoms with Crippen molar-refractivity contribution < 1.29 is 14.4 Å². The summed E-state index contributed by atoms with van der Waals surface area (Å²) in [4.78, 5) is 40.6. The number of amides is 4. The number of nitrogens with zero attached hydrogens (tertiary/aromatic N) is 2. The molecule has 28 heavy (non-hydrogen) atoms. The molecule has 162 valence electrons. The van der Waals surface area contributed by atoms with Gasteiger partial charge < -0.3 is 32.7 Å². The molecule has 1 rings (SSSR count). The Hall–Kier alpha value is -2.31. The van der Waals surface area contributed by atoms with Gasteiger partial charge in [-0.3, -0.25) is 20.3 Å². The topological polar surface area (TPSA) is 205 Å². The number of carbonyl (C=O) groups is 3. The van der Waals surface area contributed by atoms with E-state index in [0.29, 0.717) is 25.9 Å². The largest absolute Gasteiger partial charge is 0.370 e. The summed E-state index contributed by atoms with van der Waals surface area (Å²) in [6, 6.07) is -1.97. The Labute approximate surface area is 175 Å². The van der Waals surface area contributed by atoms with Crippen LogP contribution in [0.15, 0.2) is 4.99 Å². The second kappa shape index (κ2) is 13.8. The number of nitrogens with one attached hydrogen (secondary N) is 4. The molecule has 1 aliphatic rings. The monoisotopic (exact) mass is 441 g/mol. The minimum absolute atomic E-state index is 0. The van der Waals surface area contributed by atoms with Gasteiger partial charge in [0.1, 0.15) is 6.04 Å². The standard InChI is InChI=1S/C14H27N9O3.2ClH/c1-2-23(9-7-20-14(21-11(9)25)22-13(18)26)10(24)6-8(15)4-3-5-19-12(16)17;;/h8-9H,2-7,15H2,1H3,(H4,16,17,19)(H4,18,20,21,22,25,26);2*1H/t8-,9?;;/m0../s1. The lowest BCUT2D eigenvalue weighted by Crippen LogP contribution is -2.57. The van der Waals surface area contributed by atoms with Gasteiger partial charge in [-0.25, -0.2) is 4.79 Å². The van der Waals surface area contributed by atoms with Crippen molar-refractivity contribution in [2.24, 2.45) is 22.2 Å². The molecule has 1 heterocycles. The van der Waals surface area contributed by atoms with E-state index in [1.54, 1.807) is 6.92 Å². The van der Waals surface area contributed by atoms with Crippen LogP contribution in [-0.4, -0.2) is 66.4 Å². The van der Waals surface area contributed by atoms with Gasteiger partial charge in [0.15, 0.2) is 5.96 Å². The van der Waals surface area contributed by atoms with Gasteiger partial charge in [-0.05, 0) is 19.8 Å². The average molecular weight is 442 g/mol. The second-order valence-corrected chi connectivity index (χ2v) is 5.81. The molecule has 10 N–H and O–H groups in total. The van der Waals surface area contributed by atoms with E-state index in [1.807, 2.05) is 0 Å². The zero-order valence-corrected chi connectivity index (χ0v) is 17.2. The lowest BCUT2D eigenvalue weighted by Gasteiger charge is -2.32. The third kappa shape index (κ3) is 9.58. The molecule has 12 nitrogen and oxygen atoms in total. The van der Waals surface area contributed by atoms with E-state index in [4.69, 9.17) is 22.6 Å². The van der Waals surface area contributed by atoms with E-state index in [0.717, 1.165) is 0 Å². The molecule has 0 spiro atoms. The van der Waals surface area contributed by atoms with Crippen molar-refractivity contribution in [1.29, 1.82) is 5.41 Å². The van der Waals surface area contributed by atoms with Crippen LogP contribution in [0.4, 0.5) is 4.79 Å². The van der Waals surface area contributed by atoms with E-state index in [9.17, 15) is 14.4 Å². The Bertz CT molecular complexity index is 588. The van der Waals surface area contributed by atoms with Crippen molar-refractivity contribution in [3.05, 3.63) is 0 Å². The van der Waals surface area contributed by atoms with Crippen LogP contribution in [0.2, 0.25) is 0 Å². The third-order valence-corrected chi connectivity index (χ3v) is 3.75. The molecule has 2 atom stereocenters. The van der Waals surface area contributed by atoms with E-state index >= 15 is 0 Å². The molecule has 0 radical (unpaired) electrons. The number of hydrogen-bond acceptors (Lipinski definition) is 6. The summed E-state index contributed by atoms with van der Waals surface area (Å²) in [7, 11) is 0. The SMILES string of the molecule is CCN(C(=O)C[C@@H](N)CCCNC(=N)N)C1CNC(NC(N)=O)=NC1=O.Cl.Cl. The number of urea groups is 1. The molecule has 0 saturated carbocycles. The molecule has 1 aliphatic heterocycles. The predicted molar refractivity (Wildman–Crippen MR) is 111 cm³/mol. The van der Waals surface area contributed by atoms with Crippen LogP contribution in [0.3, 0.4) is 0 Å². The molecule has 1 unspecified atom stereocenters. The fourth-order valence-corrected chi connectivity index (χ4v) is 2.54. The van der Waals surface area contributed by atoms with Gasteiger partial charge in [0, 0.05) is 32.1 Å². The number of carbonyl (C=O) groups excluding carboxylic acids is 3. The summed E-state index contributed by atoms with van der Waals surface area (Å²) in [5.74, 6) is -0.930. The summed E-state index contributed by atoms with van der Waals surface area (Å²) in [6.07, 6.45) is 1.33. The fourth-order valence-electron chi connectivity index (χ4n) is 2.54. The summed E-state index contributed by atoms with van der Waals surface area (Å²) in [5, 5.41) is 14.7. The summed E-state index contributed by atoms with van der Waals surface area (Å²) in [5.41, 5.74) is 16.1. The van der Waals surface area contributed by atoms with Gasteiger partial charge in [0.2, 0.25) is 11.9 Å². The third-order valence-electron chi connectivity index (χ3n) is 3.75. The number of nitrogens with two attached hydrogens (primary N) is 3. The van der Waals surface area contributed by atoms with Gasteiger partial charge in [-0.15, -0.1) is 24.8 Å². The molecule has 0 aromatic rings. The van der Waals surface area contributed by atoms with Gasteiger partial charge >= 0.3 is 6.03 Å². The lowest BCUT2D eigenvalue weighted by atomic mass is 10.1. The van der Waals surface area contributed by atoms with Crippen LogP contribution in [-0.2, 0) is 9.59 Å². The lowest BCUT2D eigenvalue weighted by molar-refractivity contribution is -0.139. The summed E-state index contributed by atoms with van der Waals surface area (Å²) in [6.45, 7) is 2.71. The number of halogens is 2. The van der Waals surface area contributed by atoms with Crippen LogP contribution >= 0.6 is 24.8 Å². The maximum absolute atomic E-state index is 12.5. The summed E-state index contributed by atoms with van der Waals surface area (Å²) < 4.78 is 0. The van der Waals surface area contributed by atoms with E-state index in [2.05, 4.69) is 20.9 Å². The number of primary amides is 1. The Morgan fingerprint density at radius 2 is 2.04 bits per heavy atom. The van der Waals surface area contributed by atoms with Crippen molar-refractivity contribution in [2.75, 3.05) is 19.6 Å². The highest BCUT2D eigenvalue weighted by molar-refractivity contribution is 6.04. The van der Waals surface area contributed by atoms with Gasteiger partial charge in [-0.2, -0.15) is 4.99 Å². The zero-order valence-electron chi connectivity index (χ0n) is 15.6. The molecule has 14 heteroatoms. The number of rotatable bonds is 8. The number of aliphatic imine (C=N–C) groups is 1. The molecule has 0 fully saturated rings. The van der Waals surface area contributed by atoms with Gasteiger partial charge in [0.25, 0.3) is 5.91 Å². The van der Waals surface area contributed by atoms with E-state index in [-0.39, 0.29) is 61.6 Å². The molecule has 0 saturated heterocycles. The minimum Gasteiger partial charge on any atom is -0.370 e. The number of guanidine groups is 2. The first-order valence-electron chi connectivity index (χ1n) is 8.30. The van der Waals surface area contributed by atoms with Crippen molar-refractivity contribution >= 4 is 54.6 Å². The number of likely N-dealkylation sites (N-methyl/N-ethyl adjacent to an activating group) is 1. The average Bonchev–Trinajstić information content (AvgIpc) is 2.53. The van der Waals surface area contributed by atoms with Crippen molar-refractivity contribution in [1.82, 2.24) is 20.9 Å². The Kier molecular flexibility index (Phi) is 13.8. The first-order valence-corrected chi connectivity index (χ1v) is 8.30. The highest BCUT2D eigenvalue weighted by atomic mass is 35.5. The Morgan fingerprint density at radius 1 is 1.39 bits per heavy atom. The molecule has 0 aromatic carbocycles. The van der Waals surface area contributed by atoms with Crippen LogP contribution in [0.5, 0.6) is 0 Å². The minimum atomic E-state index is -0.837. The van der Waals surface area contributed by atoms with Gasteiger partial charge in [0.05, 0.1) is 0 Å². The van der Waals surface area contributed by atoms with Crippen LogP contribution in [0.25, 0.3) is 0 Å². The van der Waals surface area contributed by atoms with Crippen LogP contribution in [0.1, 0.15) is 26.2 Å². The maximum atomic E-state index is 12.5. The Morgan fingerprint density at radius 3 is 2.54 bits per heavy atom. The quantitative estimate of drug-likeness (QED) is 0.130. The normalized spacial score (nSPS) is 16.3. The first-order chi connectivity index (χ1) is 12.2. The molecule has 0 bridgehead atoms. The molecule has 4 amide bonds. The molecular weight excluding hydrogens is 413 g/mol. The second-order valence-electron chi connectivity index (χ2n) is 5.81. The predicted octanol–water partition coefficient (Wildman–Crippen LogP) is -1.82. The van der Waals surface area contributed by atoms with Gasteiger partial charge in [-0.1, -0.05) is 0 Å². The van der Waals surface area contributed by atoms with Crippen LogP contribution < -0.4 is 33.2 Å². The molecule has 0 aromatic heterocycles. The van der Waals surface area contributed by atoms with Crippen molar-refractivity contribution in [2.45, 2.75) is 38.3 Å². The van der Waals surface area contributed by atoms with Crippen LogP contribution in [0, 0.1) is 5.41 Å². The van der Waals surface area contributed by atoms with E-state index in [1.165, 1.54) is 4.90 Å². The van der Waals surface area contributed by atoms with E-state index < -0.39 is 18.0 Å². The maximum Gasteiger partial charge on any atom is 0.318 e. The Balaban J connectivity index is 0. The van der Waals surface area contributed by atoms with Crippen molar-refractivity contribution in [3.8, 4) is 0 Å². The molecule has 0 aliphatic carbocycles. The zero-order chi connectivity index (χ0) is 19.7. The highest BCUT2D eigenvalue weighted by Crippen LogP contribution is 2.10. The summed E-state index contributed by atoms with van der Waals surface area (Å²) >= 11 is 0. The highest BCUT2D eigenvalue weighted by Gasteiger charge is 2.32.